The maximum atomic E-state index is 12.7. The van der Waals surface area contributed by atoms with E-state index in [1.807, 2.05) is 49.3 Å². The molecule has 140 valence electrons. The van der Waals surface area contributed by atoms with Gasteiger partial charge < -0.3 is 10.2 Å². The van der Waals surface area contributed by atoms with E-state index < -0.39 is 17.9 Å². The van der Waals surface area contributed by atoms with Crippen LogP contribution in [0.1, 0.15) is 39.2 Å². The smallest absolute Gasteiger partial charge is 0.262 e. The van der Waals surface area contributed by atoms with Gasteiger partial charge in [-0.15, -0.1) is 0 Å². The number of hydrogen-bond acceptors (Lipinski definition) is 4. The number of fused-ring (bicyclic) bond motifs is 1. The van der Waals surface area contributed by atoms with Crippen LogP contribution in [0.5, 0.6) is 0 Å². The van der Waals surface area contributed by atoms with Gasteiger partial charge in [0.05, 0.1) is 17.2 Å². The lowest BCUT2D eigenvalue weighted by Crippen LogP contribution is -2.49. The molecule has 6 heteroatoms. The van der Waals surface area contributed by atoms with E-state index in [9.17, 15) is 14.4 Å². The van der Waals surface area contributed by atoms with E-state index in [0.717, 1.165) is 10.5 Å². The first-order valence-corrected chi connectivity index (χ1v) is 8.87. The van der Waals surface area contributed by atoms with E-state index in [4.69, 9.17) is 0 Å². The average Bonchev–Trinajstić information content (AvgIpc) is 2.93. The second-order valence-corrected chi connectivity index (χ2v) is 6.84. The summed E-state index contributed by atoms with van der Waals surface area (Å²) in [6, 6.07) is 15.6. The maximum Gasteiger partial charge on any atom is 0.262 e. The Morgan fingerprint density at radius 1 is 0.963 bits per heavy atom. The Labute approximate surface area is 158 Å². The fraction of sp³-hybridized carbons (Fsp3) is 0.286. The van der Waals surface area contributed by atoms with Gasteiger partial charge in [0.2, 0.25) is 5.91 Å². The Hall–Kier alpha value is -2.99. The number of hydrogen-bond donors (Lipinski definition) is 1. The van der Waals surface area contributed by atoms with Crippen LogP contribution in [0.4, 0.5) is 0 Å². The molecule has 3 rings (SSSR count). The first kappa shape index (κ1) is 18.8. The minimum atomic E-state index is -0.879. The minimum absolute atomic E-state index is 0.00970. The summed E-state index contributed by atoms with van der Waals surface area (Å²) < 4.78 is 0. The lowest BCUT2D eigenvalue weighted by molar-refractivity contribution is -0.124. The number of nitrogens with one attached hydrogen (secondary N) is 1. The second kappa shape index (κ2) is 7.72. The molecule has 0 spiro atoms. The predicted molar refractivity (Wildman–Crippen MR) is 102 cm³/mol. The first-order chi connectivity index (χ1) is 12.9. The van der Waals surface area contributed by atoms with Crippen LogP contribution < -0.4 is 5.32 Å². The van der Waals surface area contributed by atoms with Gasteiger partial charge in [-0.25, -0.2) is 0 Å². The first-order valence-electron chi connectivity index (χ1n) is 8.87. The molecule has 1 N–H and O–H groups in total. The standard InChI is InChI=1S/C21H23N3O3/c1-14(24-20(26)16-11-7-8-12-17(16)21(24)27)19(25)22-13-18(23(2)3)15-9-5-4-6-10-15/h4-12,14,18H,13H2,1-3H3,(H,22,25). The van der Waals surface area contributed by atoms with Crippen LogP contribution in [0.15, 0.2) is 54.6 Å². The van der Waals surface area contributed by atoms with Gasteiger partial charge >= 0.3 is 0 Å². The van der Waals surface area contributed by atoms with Gasteiger partial charge in [0.25, 0.3) is 11.8 Å². The molecule has 0 bridgehead atoms. The quantitative estimate of drug-likeness (QED) is 0.796. The number of carbonyl (C=O) groups excluding carboxylic acids is 3. The molecule has 0 saturated heterocycles. The summed E-state index contributed by atoms with van der Waals surface area (Å²) in [7, 11) is 3.88. The van der Waals surface area contributed by atoms with Gasteiger partial charge in [0.1, 0.15) is 6.04 Å². The molecule has 3 amide bonds. The van der Waals surface area contributed by atoms with Crippen molar-refractivity contribution in [2.45, 2.75) is 19.0 Å². The van der Waals surface area contributed by atoms with Gasteiger partial charge in [0.15, 0.2) is 0 Å². The normalized spacial score (nSPS) is 15.6. The van der Waals surface area contributed by atoms with Crippen molar-refractivity contribution in [1.82, 2.24) is 15.1 Å². The number of benzene rings is 2. The molecule has 2 unspecified atom stereocenters. The van der Waals surface area contributed by atoms with Crippen LogP contribution >= 0.6 is 0 Å². The van der Waals surface area contributed by atoms with Gasteiger partial charge in [0, 0.05) is 6.54 Å². The van der Waals surface area contributed by atoms with Crippen LogP contribution in [0, 0.1) is 0 Å². The summed E-state index contributed by atoms with van der Waals surface area (Å²) in [6.45, 7) is 1.95. The van der Waals surface area contributed by atoms with Gasteiger partial charge in [-0.2, -0.15) is 0 Å². The molecule has 6 nitrogen and oxygen atoms in total. The van der Waals surface area contributed by atoms with Crippen molar-refractivity contribution in [3.63, 3.8) is 0 Å². The highest BCUT2D eigenvalue weighted by atomic mass is 16.2. The molecule has 1 aliphatic heterocycles. The molecule has 27 heavy (non-hydrogen) atoms. The topological polar surface area (TPSA) is 69.7 Å². The third kappa shape index (κ3) is 3.61. The monoisotopic (exact) mass is 365 g/mol. The predicted octanol–water partition coefficient (Wildman–Crippen LogP) is 2.09. The lowest BCUT2D eigenvalue weighted by atomic mass is 10.1. The Morgan fingerprint density at radius 2 is 1.48 bits per heavy atom. The summed E-state index contributed by atoms with van der Waals surface area (Å²) in [5.74, 6) is -1.21. The van der Waals surface area contributed by atoms with Gasteiger partial charge in [-0.3, -0.25) is 19.3 Å². The van der Waals surface area contributed by atoms with Crippen molar-refractivity contribution in [2.24, 2.45) is 0 Å². The van der Waals surface area contributed by atoms with Crippen LogP contribution in [-0.4, -0.2) is 54.2 Å². The van der Waals surface area contributed by atoms with Crippen molar-refractivity contribution in [2.75, 3.05) is 20.6 Å². The van der Waals surface area contributed by atoms with E-state index in [-0.39, 0.29) is 11.9 Å². The highest BCUT2D eigenvalue weighted by molar-refractivity contribution is 6.22. The van der Waals surface area contributed by atoms with E-state index in [1.165, 1.54) is 0 Å². The molecule has 0 fully saturated rings. The van der Waals surface area contributed by atoms with Crippen molar-refractivity contribution in [3.05, 3.63) is 71.3 Å². The summed E-state index contributed by atoms with van der Waals surface area (Å²) in [6.07, 6.45) is 0. The summed E-state index contributed by atoms with van der Waals surface area (Å²) in [5, 5.41) is 2.88. The SMILES string of the molecule is CC(C(=O)NCC(c1ccccc1)N(C)C)N1C(=O)c2ccccc2C1=O. The minimum Gasteiger partial charge on any atom is -0.352 e. The number of amides is 3. The van der Waals surface area contributed by atoms with Crippen LogP contribution in [0.2, 0.25) is 0 Å². The number of imide groups is 1. The molecule has 0 saturated carbocycles. The van der Waals surface area contributed by atoms with Crippen LogP contribution in [-0.2, 0) is 4.79 Å². The highest BCUT2D eigenvalue weighted by Gasteiger charge is 2.40. The fourth-order valence-corrected chi connectivity index (χ4v) is 3.30. The second-order valence-electron chi connectivity index (χ2n) is 6.84. The Balaban J connectivity index is 1.69. The number of likely N-dealkylation sites (N-methyl/N-ethyl adjacent to an activating group) is 1. The molecule has 2 aromatic rings. The maximum absolute atomic E-state index is 12.7. The summed E-state index contributed by atoms with van der Waals surface area (Å²) in [5.41, 5.74) is 1.77. The van der Waals surface area contributed by atoms with E-state index in [1.54, 1.807) is 31.2 Å². The van der Waals surface area contributed by atoms with Crippen molar-refractivity contribution >= 4 is 17.7 Å². The number of rotatable bonds is 6. The van der Waals surface area contributed by atoms with Crippen molar-refractivity contribution in [1.29, 1.82) is 0 Å². The van der Waals surface area contributed by atoms with Gasteiger partial charge in [-0.05, 0) is 38.7 Å². The zero-order chi connectivity index (χ0) is 19.6. The Kier molecular flexibility index (Phi) is 5.37. The summed E-state index contributed by atoms with van der Waals surface area (Å²) in [4.78, 5) is 40.8. The fourth-order valence-electron chi connectivity index (χ4n) is 3.30. The molecule has 0 aliphatic carbocycles. The molecule has 1 heterocycles. The van der Waals surface area contributed by atoms with Gasteiger partial charge in [-0.1, -0.05) is 42.5 Å². The number of nitrogens with zero attached hydrogens (tertiary/aromatic N) is 2. The summed E-state index contributed by atoms with van der Waals surface area (Å²) >= 11 is 0. The van der Waals surface area contributed by atoms with Crippen LogP contribution in [0.3, 0.4) is 0 Å². The van der Waals surface area contributed by atoms with E-state index in [2.05, 4.69) is 5.32 Å². The molecular formula is C21H23N3O3. The number of carbonyl (C=O) groups is 3. The molecule has 2 atom stereocenters. The molecule has 1 aliphatic rings. The third-order valence-corrected chi connectivity index (χ3v) is 4.87. The lowest BCUT2D eigenvalue weighted by Gasteiger charge is -2.27. The van der Waals surface area contributed by atoms with Crippen molar-refractivity contribution < 1.29 is 14.4 Å². The van der Waals surface area contributed by atoms with E-state index in [0.29, 0.717) is 17.7 Å². The molecular weight excluding hydrogens is 342 g/mol. The van der Waals surface area contributed by atoms with E-state index >= 15 is 0 Å². The largest absolute Gasteiger partial charge is 0.352 e. The molecule has 0 radical (unpaired) electrons. The Bertz CT molecular complexity index is 829. The average molecular weight is 365 g/mol. The molecule has 2 aromatic carbocycles. The zero-order valence-corrected chi connectivity index (χ0v) is 15.7. The highest BCUT2D eigenvalue weighted by Crippen LogP contribution is 2.24. The zero-order valence-electron chi connectivity index (χ0n) is 15.7. The third-order valence-electron chi connectivity index (χ3n) is 4.87. The van der Waals surface area contributed by atoms with Crippen LogP contribution in [0.25, 0.3) is 0 Å². The van der Waals surface area contributed by atoms with Crippen molar-refractivity contribution in [3.8, 4) is 0 Å². The molecule has 0 aromatic heterocycles. The Morgan fingerprint density at radius 3 is 2.00 bits per heavy atom.